The Morgan fingerprint density at radius 2 is 2.42 bits per heavy atom. The van der Waals surface area contributed by atoms with Crippen molar-refractivity contribution in [3.63, 3.8) is 0 Å². The molecule has 1 unspecified atom stereocenters. The van der Waals surface area contributed by atoms with Crippen molar-refractivity contribution in [2.24, 2.45) is 0 Å². The Bertz CT molecular complexity index is 311. The van der Waals surface area contributed by atoms with Crippen LogP contribution in [-0.4, -0.2) is 12.7 Å². The van der Waals surface area contributed by atoms with Crippen LogP contribution in [0.4, 0.5) is 0 Å². The van der Waals surface area contributed by atoms with E-state index in [0.717, 1.165) is 11.5 Å². The largest absolute Gasteiger partial charge is 0.485 e. The highest BCUT2D eigenvalue weighted by Gasteiger charge is 2.20. The van der Waals surface area contributed by atoms with Crippen LogP contribution in [0.3, 0.4) is 0 Å². The molecule has 0 saturated heterocycles. The molecule has 2 heterocycles. The molecule has 0 bridgehead atoms. The Kier molecular flexibility index (Phi) is 1.92. The molecule has 1 aromatic rings. The lowest BCUT2D eigenvalue weighted by Gasteiger charge is -2.22. The molecule has 1 aliphatic rings. The van der Waals surface area contributed by atoms with Gasteiger partial charge in [-0.25, -0.2) is 0 Å². The smallest absolute Gasteiger partial charge is 0.172 e. The molecule has 0 fully saturated rings. The minimum absolute atomic E-state index is 0.0251. The maximum Gasteiger partial charge on any atom is 0.172 e. The van der Waals surface area contributed by atoms with Crippen molar-refractivity contribution in [2.45, 2.75) is 12.5 Å². The number of terminal acetylenes is 1. The van der Waals surface area contributed by atoms with E-state index in [1.807, 2.05) is 10.8 Å². The first kappa shape index (κ1) is 7.51. The Hall–Kier alpha value is -1.14. The lowest BCUT2D eigenvalue weighted by atomic mass is 10.2. The predicted molar refractivity (Wildman–Crippen MR) is 47.7 cm³/mol. The van der Waals surface area contributed by atoms with Crippen LogP contribution < -0.4 is 9.47 Å². The molecular weight excluding hydrogens is 172 g/mol. The van der Waals surface area contributed by atoms with Crippen LogP contribution in [0.25, 0.3) is 0 Å². The van der Waals surface area contributed by atoms with Crippen LogP contribution in [0.5, 0.6) is 11.5 Å². The molecule has 1 aromatic heterocycles. The topological polar surface area (TPSA) is 18.5 Å². The van der Waals surface area contributed by atoms with Crippen molar-refractivity contribution in [1.29, 1.82) is 0 Å². The molecule has 12 heavy (non-hydrogen) atoms. The maximum atomic E-state index is 5.56. The summed E-state index contributed by atoms with van der Waals surface area (Å²) in [6.07, 6.45) is 5.80. The first-order valence-corrected chi connectivity index (χ1v) is 4.63. The van der Waals surface area contributed by atoms with E-state index in [1.54, 1.807) is 11.3 Å². The van der Waals surface area contributed by atoms with Gasteiger partial charge >= 0.3 is 0 Å². The SMILES string of the molecule is C#CCC1COc2cscc2O1. The van der Waals surface area contributed by atoms with E-state index in [1.165, 1.54) is 0 Å². The number of hydrogen-bond donors (Lipinski definition) is 0. The number of fused-ring (bicyclic) bond motifs is 1. The molecule has 0 saturated carbocycles. The van der Waals surface area contributed by atoms with E-state index >= 15 is 0 Å². The average molecular weight is 180 g/mol. The second kappa shape index (κ2) is 3.08. The molecule has 0 N–H and O–H groups in total. The van der Waals surface area contributed by atoms with E-state index in [4.69, 9.17) is 15.9 Å². The normalized spacial score (nSPS) is 20.1. The van der Waals surface area contributed by atoms with Gasteiger partial charge in [-0.2, -0.15) is 0 Å². The molecule has 0 aliphatic carbocycles. The molecule has 1 atom stereocenters. The highest BCUT2D eigenvalue weighted by Crippen LogP contribution is 2.35. The van der Waals surface area contributed by atoms with Crippen LogP contribution in [0, 0.1) is 12.3 Å². The van der Waals surface area contributed by atoms with Crippen molar-refractivity contribution >= 4 is 11.3 Å². The molecular formula is C9H8O2S. The highest BCUT2D eigenvalue weighted by molar-refractivity contribution is 7.08. The summed E-state index contributed by atoms with van der Waals surface area (Å²) in [5.74, 6) is 4.23. The zero-order chi connectivity index (χ0) is 8.39. The summed E-state index contributed by atoms with van der Waals surface area (Å²) in [5.41, 5.74) is 0. The minimum atomic E-state index is 0.0251. The van der Waals surface area contributed by atoms with Gasteiger partial charge in [0, 0.05) is 17.2 Å². The standard InChI is InChI=1S/C9H8O2S/c1-2-3-7-4-10-8-5-12-6-9(8)11-7/h1,5-7H,3-4H2. The van der Waals surface area contributed by atoms with Crippen LogP contribution in [0.1, 0.15) is 6.42 Å². The third-order valence-electron chi connectivity index (χ3n) is 1.66. The lowest BCUT2D eigenvalue weighted by Crippen LogP contribution is -2.27. The van der Waals surface area contributed by atoms with Crippen molar-refractivity contribution in [3.05, 3.63) is 10.8 Å². The summed E-state index contributed by atoms with van der Waals surface area (Å²) in [7, 11) is 0. The lowest BCUT2D eigenvalue weighted by molar-refractivity contribution is 0.0961. The second-order valence-corrected chi connectivity index (χ2v) is 3.30. The fourth-order valence-electron chi connectivity index (χ4n) is 1.09. The molecule has 1 aliphatic heterocycles. The summed E-state index contributed by atoms with van der Waals surface area (Å²) in [4.78, 5) is 0. The molecule has 0 spiro atoms. The number of hydrogen-bond acceptors (Lipinski definition) is 3. The maximum absolute atomic E-state index is 5.56. The zero-order valence-electron chi connectivity index (χ0n) is 6.45. The number of ether oxygens (including phenoxy) is 2. The Morgan fingerprint density at radius 1 is 1.58 bits per heavy atom. The quantitative estimate of drug-likeness (QED) is 0.615. The van der Waals surface area contributed by atoms with Gasteiger partial charge in [-0.15, -0.1) is 23.7 Å². The van der Waals surface area contributed by atoms with Crippen LogP contribution in [-0.2, 0) is 0 Å². The van der Waals surface area contributed by atoms with Gasteiger partial charge in [-0.1, -0.05) is 0 Å². The van der Waals surface area contributed by atoms with Gasteiger partial charge in [0.15, 0.2) is 11.5 Å². The monoisotopic (exact) mass is 180 g/mol. The fraction of sp³-hybridized carbons (Fsp3) is 0.333. The molecule has 0 aromatic carbocycles. The van der Waals surface area contributed by atoms with Gasteiger partial charge in [0.25, 0.3) is 0 Å². The summed E-state index contributed by atoms with van der Waals surface area (Å²) in [6, 6.07) is 0. The summed E-state index contributed by atoms with van der Waals surface area (Å²) in [6.45, 7) is 0.563. The van der Waals surface area contributed by atoms with Gasteiger partial charge in [-0.3, -0.25) is 0 Å². The molecule has 2 nitrogen and oxygen atoms in total. The van der Waals surface area contributed by atoms with E-state index in [2.05, 4.69) is 5.92 Å². The first-order valence-electron chi connectivity index (χ1n) is 3.69. The van der Waals surface area contributed by atoms with E-state index < -0.39 is 0 Å². The molecule has 62 valence electrons. The molecule has 0 amide bonds. The molecule has 0 radical (unpaired) electrons. The van der Waals surface area contributed by atoms with Crippen molar-refractivity contribution < 1.29 is 9.47 Å². The van der Waals surface area contributed by atoms with Crippen molar-refractivity contribution in [2.75, 3.05) is 6.61 Å². The van der Waals surface area contributed by atoms with Gasteiger partial charge in [0.2, 0.25) is 0 Å². The highest BCUT2D eigenvalue weighted by atomic mass is 32.1. The van der Waals surface area contributed by atoms with Crippen molar-refractivity contribution in [3.8, 4) is 23.8 Å². The van der Waals surface area contributed by atoms with Gasteiger partial charge < -0.3 is 9.47 Å². The van der Waals surface area contributed by atoms with Crippen LogP contribution in [0.2, 0.25) is 0 Å². The minimum Gasteiger partial charge on any atom is -0.485 e. The van der Waals surface area contributed by atoms with E-state index in [-0.39, 0.29) is 6.10 Å². The van der Waals surface area contributed by atoms with Crippen LogP contribution in [0.15, 0.2) is 10.8 Å². The van der Waals surface area contributed by atoms with Crippen LogP contribution >= 0.6 is 11.3 Å². The number of thiophene rings is 1. The van der Waals surface area contributed by atoms with Gasteiger partial charge in [0.05, 0.1) is 0 Å². The zero-order valence-corrected chi connectivity index (χ0v) is 7.26. The summed E-state index contributed by atoms with van der Waals surface area (Å²) < 4.78 is 11.0. The van der Waals surface area contributed by atoms with E-state index in [0.29, 0.717) is 13.0 Å². The average Bonchev–Trinajstić information content (AvgIpc) is 2.51. The molecule has 3 heteroatoms. The Morgan fingerprint density at radius 3 is 3.25 bits per heavy atom. The third-order valence-corrected chi connectivity index (χ3v) is 2.36. The predicted octanol–water partition coefficient (Wildman–Crippen LogP) is 1.91. The number of rotatable bonds is 1. The molecule has 2 rings (SSSR count). The van der Waals surface area contributed by atoms with Gasteiger partial charge in [-0.05, 0) is 0 Å². The van der Waals surface area contributed by atoms with E-state index in [9.17, 15) is 0 Å². The summed E-state index contributed by atoms with van der Waals surface area (Å²) in [5, 5.41) is 3.86. The van der Waals surface area contributed by atoms with Crippen molar-refractivity contribution in [1.82, 2.24) is 0 Å². The first-order chi connectivity index (χ1) is 5.90. The Balaban J connectivity index is 2.11. The summed E-state index contributed by atoms with van der Waals surface area (Å²) >= 11 is 1.57. The fourth-order valence-corrected chi connectivity index (χ4v) is 1.76. The Labute approximate surface area is 75.1 Å². The van der Waals surface area contributed by atoms with Gasteiger partial charge in [0.1, 0.15) is 12.7 Å². The second-order valence-electron chi connectivity index (χ2n) is 2.56. The third kappa shape index (κ3) is 1.26.